The molecular formula is C27H34ClN5O4. The van der Waals surface area contributed by atoms with E-state index in [1.165, 1.54) is 0 Å². The average Bonchev–Trinajstić information content (AvgIpc) is 3.26. The van der Waals surface area contributed by atoms with Gasteiger partial charge in [-0.25, -0.2) is 4.98 Å². The number of imidazole rings is 1. The Labute approximate surface area is 223 Å². The molecule has 0 spiro atoms. The van der Waals surface area contributed by atoms with Crippen LogP contribution in [0.2, 0.25) is 0 Å². The molecule has 37 heavy (non-hydrogen) atoms. The predicted octanol–water partition coefficient (Wildman–Crippen LogP) is 3.25. The number of halogens is 1. The Bertz CT molecular complexity index is 1240. The molecular weight excluding hydrogens is 494 g/mol. The summed E-state index contributed by atoms with van der Waals surface area (Å²) in [5.41, 5.74) is 3.08. The Morgan fingerprint density at radius 2 is 1.81 bits per heavy atom. The van der Waals surface area contributed by atoms with Crippen molar-refractivity contribution >= 4 is 35.2 Å². The maximum atomic E-state index is 13.1. The number of amides is 1. The normalized spacial score (nSPS) is 16.4. The van der Waals surface area contributed by atoms with Crippen molar-refractivity contribution in [3.63, 3.8) is 0 Å². The first kappa shape index (κ1) is 26.9. The van der Waals surface area contributed by atoms with Crippen LogP contribution >= 0.6 is 12.4 Å². The number of aliphatic hydroxyl groups is 1. The van der Waals surface area contributed by atoms with Gasteiger partial charge in [0.1, 0.15) is 35.0 Å². The lowest BCUT2D eigenvalue weighted by atomic mass is 9.97. The van der Waals surface area contributed by atoms with Crippen LogP contribution in [0, 0.1) is 0 Å². The molecule has 1 aliphatic carbocycles. The molecule has 3 aromatic rings. The van der Waals surface area contributed by atoms with Gasteiger partial charge in [0.2, 0.25) is 0 Å². The Hall–Kier alpha value is -3.11. The van der Waals surface area contributed by atoms with E-state index in [9.17, 15) is 9.90 Å². The minimum Gasteiger partial charge on any atom is -0.511 e. The number of nitrogens with zero attached hydrogens (tertiary/aromatic N) is 4. The maximum absolute atomic E-state index is 13.1. The van der Waals surface area contributed by atoms with Gasteiger partial charge in [0.05, 0.1) is 18.9 Å². The number of aryl methyl sites for hydroxylation is 1. The van der Waals surface area contributed by atoms with Crippen molar-refractivity contribution in [2.45, 2.75) is 12.8 Å². The Morgan fingerprint density at radius 3 is 2.59 bits per heavy atom. The highest BCUT2D eigenvalue weighted by Crippen LogP contribution is 2.31. The lowest BCUT2D eigenvalue weighted by Crippen LogP contribution is -2.45. The zero-order valence-electron chi connectivity index (χ0n) is 21.1. The quantitative estimate of drug-likeness (QED) is 0.413. The first-order chi connectivity index (χ1) is 17.6. The maximum Gasteiger partial charge on any atom is 0.261 e. The van der Waals surface area contributed by atoms with Gasteiger partial charge in [0.15, 0.2) is 0 Å². The molecule has 198 valence electrons. The summed E-state index contributed by atoms with van der Waals surface area (Å²) in [7, 11) is 2.15. The number of ether oxygens (including phenoxy) is 2. The van der Waals surface area contributed by atoms with Gasteiger partial charge in [-0.2, -0.15) is 0 Å². The number of carbonyl (C=O) groups is 1. The van der Waals surface area contributed by atoms with Crippen molar-refractivity contribution in [2.24, 2.45) is 0 Å². The Morgan fingerprint density at radius 1 is 1.03 bits per heavy atom. The highest BCUT2D eigenvalue weighted by atomic mass is 35.5. The topological polar surface area (TPSA) is 91.6 Å². The van der Waals surface area contributed by atoms with Crippen LogP contribution in [0.25, 0.3) is 11.2 Å². The molecule has 9 nitrogen and oxygen atoms in total. The van der Waals surface area contributed by atoms with E-state index in [1.807, 2.05) is 40.9 Å². The van der Waals surface area contributed by atoms with Gasteiger partial charge in [0.25, 0.3) is 5.91 Å². The van der Waals surface area contributed by atoms with Crippen LogP contribution in [0.4, 0.5) is 5.69 Å². The second kappa shape index (κ2) is 12.4. The van der Waals surface area contributed by atoms with Gasteiger partial charge in [-0.1, -0.05) is 6.07 Å². The number of piperazine rings is 1. The number of nitrogens with one attached hydrogen (secondary N) is 1. The van der Waals surface area contributed by atoms with Crippen molar-refractivity contribution in [3.05, 3.63) is 65.8 Å². The summed E-state index contributed by atoms with van der Waals surface area (Å²) >= 11 is 0. The number of fused-ring (bicyclic) bond motifs is 3. The van der Waals surface area contributed by atoms with E-state index in [1.54, 1.807) is 12.1 Å². The van der Waals surface area contributed by atoms with Crippen LogP contribution in [-0.4, -0.2) is 89.8 Å². The van der Waals surface area contributed by atoms with Crippen molar-refractivity contribution in [3.8, 4) is 5.75 Å². The summed E-state index contributed by atoms with van der Waals surface area (Å²) in [6.45, 7) is 7.05. The number of aromatic nitrogens is 2. The smallest absolute Gasteiger partial charge is 0.261 e. The molecule has 2 aromatic heterocycles. The van der Waals surface area contributed by atoms with Crippen molar-refractivity contribution in [1.82, 2.24) is 19.2 Å². The fourth-order valence-electron chi connectivity index (χ4n) is 4.64. The second-order valence-electron chi connectivity index (χ2n) is 9.24. The molecule has 1 amide bonds. The Kier molecular flexibility index (Phi) is 9.04. The zero-order valence-corrected chi connectivity index (χ0v) is 21.9. The van der Waals surface area contributed by atoms with Crippen LogP contribution in [-0.2, 0) is 16.0 Å². The minimum atomic E-state index is -0.376. The molecule has 10 heteroatoms. The molecule has 0 bridgehead atoms. The number of carbonyl (C=O) groups excluding carboxylic acids is 1. The molecule has 2 N–H and O–H groups in total. The molecule has 1 saturated heterocycles. The van der Waals surface area contributed by atoms with Crippen LogP contribution in [0.15, 0.2) is 54.4 Å². The molecule has 5 rings (SSSR count). The number of benzene rings is 1. The molecule has 0 saturated carbocycles. The molecule has 2 aliphatic rings. The summed E-state index contributed by atoms with van der Waals surface area (Å²) < 4.78 is 13.5. The summed E-state index contributed by atoms with van der Waals surface area (Å²) in [4.78, 5) is 22.4. The van der Waals surface area contributed by atoms with E-state index in [-0.39, 0.29) is 29.6 Å². The molecule has 0 atom stereocenters. The number of hydrogen-bond donors (Lipinski definition) is 2. The van der Waals surface area contributed by atoms with Gasteiger partial charge < -0.3 is 29.2 Å². The van der Waals surface area contributed by atoms with E-state index in [0.29, 0.717) is 49.8 Å². The first-order valence-corrected chi connectivity index (χ1v) is 12.5. The predicted molar refractivity (Wildman–Crippen MR) is 146 cm³/mol. The van der Waals surface area contributed by atoms with E-state index in [0.717, 1.165) is 44.1 Å². The summed E-state index contributed by atoms with van der Waals surface area (Å²) in [5.74, 6) is 0.397. The standard InChI is InChI=1S/C27H33N5O4.ClH/c1-30-12-14-31(15-13-30)16-17-35-18-19-36-21-7-5-20(6-8-21)28-27(34)25-23(33)10-9-22-26(25)29-24-4-2-3-11-32(22)24;/h2-8,11,33H,9-10,12-19H2,1H3,(H,28,34);1H. The SMILES string of the molecule is CN1CCN(CCOCCOc2ccc(NC(=O)C3=C(O)CCc4c3nc3ccccn43)cc2)CC1.Cl. The number of likely N-dealkylation sites (N-methyl/N-ethyl adjacent to an activating group) is 1. The number of aliphatic hydroxyl groups excluding tert-OH is 1. The summed E-state index contributed by atoms with van der Waals surface area (Å²) in [6.07, 6.45) is 2.97. The number of allylic oxidation sites excluding steroid dienone is 1. The lowest BCUT2D eigenvalue weighted by Gasteiger charge is -2.32. The van der Waals surface area contributed by atoms with Crippen LogP contribution in [0.5, 0.6) is 5.75 Å². The molecule has 0 radical (unpaired) electrons. The van der Waals surface area contributed by atoms with Gasteiger partial charge in [-0.05, 0) is 49.9 Å². The number of hydrogen-bond acceptors (Lipinski definition) is 7. The van der Waals surface area contributed by atoms with Gasteiger partial charge in [0, 0.05) is 51.0 Å². The zero-order chi connectivity index (χ0) is 24.9. The largest absolute Gasteiger partial charge is 0.511 e. The van der Waals surface area contributed by atoms with E-state index < -0.39 is 0 Å². The second-order valence-corrected chi connectivity index (χ2v) is 9.24. The fourth-order valence-corrected chi connectivity index (χ4v) is 4.64. The highest BCUT2D eigenvalue weighted by Gasteiger charge is 2.28. The molecule has 1 aromatic carbocycles. The number of rotatable bonds is 9. The third-order valence-corrected chi connectivity index (χ3v) is 6.74. The monoisotopic (exact) mass is 527 g/mol. The third-order valence-electron chi connectivity index (χ3n) is 6.74. The van der Waals surface area contributed by atoms with Gasteiger partial charge in [-0.3, -0.25) is 9.69 Å². The van der Waals surface area contributed by atoms with Gasteiger partial charge in [-0.15, -0.1) is 12.4 Å². The van der Waals surface area contributed by atoms with Crippen LogP contribution in [0.1, 0.15) is 17.8 Å². The molecule has 3 heterocycles. The van der Waals surface area contributed by atoms with Gasteiger partial charge >= 0.3 is 0 Å². The fraction of sp³-hybridized carbons (Fsp3) is 0.407. The van der Waals surface area contributed by atoms with Crippen LogP contribution in [0.3, 0.4) is 0 Å². The molecule has 0 unspecified atom stereocenters. The minimum absolute atomic E-state index is 0. The third kappa shape index (κ3) is 6.42. The van der Waals surface area contributed by atoms with E-state index >= 15 is 0 Å². The van der Waals surface area contributed by atoms with Crippen molar-refractivity contribution in [1.29, 1.82) is 0 Å². The summed E-state index contributed by atoms with van der Waals surface area (Å²) in [6, 6.07) is 12.9. The summed E-state index contributed by atoms with van der Waals surface area (Å²) in [5, 5.41) is 13.4. The number of anilines is 1. The average molecular weight is 528 g/mol. The lowest BCUT2D eigenvalue weighted by molar-refractivity contribution is -0.111. The van der Waals surface area contributed by atoms with Crippen molar-refractivity contribution < 1.29 is 19.4 Å². The number of pyridine rings is 1. The van der Waals surface area contributed by atoms with E-state index in [4.69, 9.17) is 9.47 Å². The van der Waals surface area contributed by atoms with Crippen LogP contribution < -0.4 is 10.1 Å². The van der Waals surface area contributed by atoms with Crippen molar-refractivity contribution in [2.75, 3.05) is 64.9 Å². The molecule has 1 aliphatic heterocycles. The molecule has 1 fully saturated rings. The Balaban J connectivity index is 0.00000320. The highest BCUT2D eigenvalue weighted by molar-refractivity contribution is 6.26. The first-order valence-electron chi connectivity index (χ1n) is 12.5. The van der Waals surface area contributed by atoms with E-state index in [2.05, 4.69) is 27.1 Å².